The monoisotopic (exact) mass is 341 g/mol. The van der Waals surface area contributed by atoms with E-state index in [1.807, 2.05) is 6.92 Å². The number of carbonyl (C=O) groups is 2. The fraction of sp³-hybridized carbons (Fsp3) is 0.417. The van der Waals surface area contributed by atoms with Gasteiger partial charge in [0.25, 0.3) is 0 Å². The predicted molar refractivity (Wildman–Crippen MR) is 83.2 cm³/mol. The summed E-state index contributed by atoms with van der Waals surface area (Å²) in [6.07, 6.45) is 0.782. The topological polar surface area (TPSA) is 99.0 Å². The van der Waals surface area contributed by atoms with Crippen LogP contribution in [0.3, 0.4) is 0 Å². The van der Waals surface area contributed by atoms with Crippen LogP contribution in [0, 0.1) is 0 Å². The number of nitrogens with zero attached hydrogens (tertiary/aromatic N) is 4. The van der Waals surface area contributed by atoms with Crippen LogP contribution in [0.1, 0.15) is 22.2 Å². The number of aryl methyl sites for hydroxylation is 2. The van der Waals surface area contributed by atoms with Crippen molar-refractivity contribution in [3.8, 4) is 0 Å². The first-order valence-corrected chi connectivity index (χ1v) is 8.21. The van der Waals surface area contributed by atoms with E-state index in [0.29, 0.717) is 15.7 Å². The van der Waals surface area contributed by atoms with E-state index in [9.17, 15) is 9.59 Å². The highest BCUT2D eigenvalue weighted by Crippen LogP contribution is 2.29. The van der Waals surface area contributed by atoms with Crippen molar-refractivity contribution in [1.29, 1.82) is 0 Å². The second kappa shape index (κ2) is 7.36. The summed E-state index contributed by atoms with van der Waals surface area (Å²) < 4.78 is 6.22. The summed E-state index contributed by atoms with van der Waals surface area (Å²) >= 11 is 2.59. The van der Waals surface area contributed by atoms with Gasteiger partial charge in [0.1, 0.15) is 5.00 Å². The molecule has 0 aliphatic heterocycles. The van der Waals surface area contributed by atoms with Gasteiger partial charge >= 0.3 is 5.97 Å². The van der Waals surface area contributed by atoms with Crippen molar-refractivity contribution < 1.29 is 14.3 Å². The maximum absolute atomic E-state index is 12.0. The van der Waals surface area contributed by atoms with Gasteiger partial charge in [-0.15, -0.1) is 16.4 Å². The predicted octanol–water partition coefficient (Wildman–Crippen LogP) is 1.35. The summed E-state index contributed by atoms with van der Waals surface area (Å²) in [6.45, 7) is 1.98. The van der Waals surface area contributed by atoms with E-state index in [-0.39, 0.29) is 11.7 Å². The third-order valence-electron chi connectivity index (χ3n) is 2.70. The quantitative estimate of drug-likeness (QED) is 0.625. The smallest absolute Gasteiger partial charge is 0.340 e. The summed E-state index contributed by atoms with van der Waals surface area (Å²) in [6, 6.07) is 1.74. The van der Waals surface area contributed by atoms with Gasteiger partial charge in [-0.05, 0) is 22.9 Å². The Hall–Kier alpha value is -1.94. The lowest BCUT2D eigenvalue weighted by atomic mass is 10.2. The van der Waals surface area contributed by atoms with Crippen molar-refractivity contribution in [3.05, 3.63) is 16.5 Å². The van der Waals surface area contributed by atoms with E-state index in [0.717, 1.165) is 11.3 Å². The molecule has 0 fully saturated rings. The molecule has 1 N–H and O–H groups in total. The van der Waals surface area contributed by atoms with E-state index in [1.54, 1.807) is 13.1 Å². The number of hydrogen-bond acceptors (Lipinski definition) is 8. The van der Waals surface area contributed by atoms with E-state index in [1.165, 1.54) is 34.9 Å². The van der Waals surface area contributed by atoms with Gasteiger partial charge in [0.2, 0.25) is 11.1 Å². The number of carbonyl (C=O) groups excluding carboxylic acids is 2. The minimum Gasteiger partial charge on any atom is -0.465 e. The van der Waals surface area contributed by atoms with Crippen molar-refractivity contribution in [2.45, 2.75) is 18.5 Å². The molecule has 0 saturated heterocycles. The average molecular weight is 341 g/mol. The van der Waals surface area contributed by atoms with Gasteiger partial charge in [-0.3, -0.25) is 4.79 Å². The van der Waals surface area contributed by atoms with Gasteiger partial charge in [-0.2, -0.15) is 0 Å². The van der Waals surface area contributed by atoms with Gasteiger partial charge < -0.3 is 10.1 Å². The van der Waals surface area contributed by atoms with Gasteiger partial charge in [0.05, 0.1) is 18.4 Å². The normalized spacial score (nSPS) is 10.5. The summed E-state index contributed by atoms with van der Waals surface area (Å²) in [4.78, 5) is 24.8. The zero-order valence-electron chi connectivity index (χ0n) is 12.3. The number of hydrogen-bond donors (Lipinski definition) is 1. The minimum absolute atomic E-state index is 0.147. The highest BCUT2D eigenvalue weighted by Gasteiger charge is 2.18. The van der Waals surface area contributed by atoms with Crippen LogP contribution in [0.25, 0.3) is 0 Å². The molecule has 1 amide bonds. The van der Waals surface area contributed by atoms with Crippen LogP contribution < -0.4 is 5.32 Å². The van der Waals surface area contributed by atoms with Crippen molar-refractivity contribution in [1.82, 2.24) is 20.2 Å². The molecule has 0 aliphatic rings. The van der Waals surface area contributed by atoms with Crippen LogP contribution in [0.2, 0.25) is 0 Å². The fourth-order valence-corrected chi connectivity index (χ4v) is 3.26. The number of amides is 1. The van der Waals surface area contributed by atoms with E-state index in [2.05, 4.69) is 20.8 Å². The molecule has 0 atom stereocenters. The third kappa shape index (κ3) is 3.83. The molecule has 10 heteroatoms. The first kappa shape index (κ1) is 16.4. The molecule has 0 saturated carbocycles. The van der Waals surface area contributed by atoms with E-state index in [4.69, 9.17) is 4.74 Å². The van der Waals surface area contributed by atoms with Crippen LogP contribution in [-0.2, 0) is 23.0 Å². The first-order valence-electron chi connectivity index (χ1n) is 6.41. The molecule has 0 aliphatic carbocycles. The maximum Gasteiger partial charge on any atom is 0.340 e. The van der Waals surface area contributed by atoms with Crippen LogP contribution >= 0.6 is 23.1 Å². The number of thioether (sulfide) groups is 1. The number of ether oxygens (including phenoxy) is 1. The molecular formula is C12H15N5O3S2. The first-order chi connectivity index (χ1) is 10.5. The standard InChI is InChI=1S/C12H15N5O3S2/c1-4-7-5-8(11(19)20-3)10(22-7)13-9(18)6-21-12-14-15-16-17(12)2/h5H,4,6H2,1-3H3,(H,13,18). The summed E-state index contributed by atoms with van der Waals surface area (Å²) in [5.41, 5.74) is 0.378. The third-order valence-corrected chi connectivity index (χ3v) is 4.91. The Labute approximate surface area is 135 Å². The molecule has 2 heterocycles. The van der Waals surface area contributed by atoms with Gasteiger partial charge in [0.15, 0.2) is 0 Å². The lowest BCUT2D eigenvalue weighted by molar-refractivity contribution is -0.113. The summed E-state index contributed by atoms with van der Waals surface area (Å²) in [5, 5.41) is 14.8. The Bertz CT molecular complexity index is 682. The van der Waals surface area contributed by atoms with Crippen LogP contribution in [0.15, 0.2) is 11.2 Å². The Morgan fingerprint density at radius 3 is 2.86 bits per heavy atom. The number of methoxy groups -OCH3 is 1. The van der Waals surface area contributed by atoms with Crippen molar-refractivity contribution in [2.75, 3.05) is 18.2 Å². The molecule has 0 unspecified atom stereocenters. The number of tetrazole rings is 1. The Morgan fingerprint density at radius 1 is 1.50 bits per heavy atom. The molecule has 8 nitrogen and oxygen atoms in total. The molecule has 0 radical (unpaired) electrons. The SMILES string of the molecule is CCc1cc(C(=O)OC)c(NC(=O)CSc2nnnn2C)s1. The van der Waals surface area contributed by atoms with Gasteiger partial charge in [0, 0.05) is 11.9 Å². The van der Waals surface area contributed by atoms with Crippen molar-refractivity contribution >= 4 is 40.0 Å². The number of nitrogens with one attached hydrogen (secondary N) is 1. The lowest BCUT2D eigenvalue weighted by Crippen LogP contribution is -2.16. The number of anilines is 1. The summed E-state index contributed by atoms with van der Waals surface area (Å²) in [7, 11) is 3.01. The zero-order valence-corrected chi connectivity index (χ0v) is 14.0. The highest BCUT2D eigenvalue weighted by atomic mass is 32.2. The molecule has 2 aromatic heterocycles. The zero-order chi connectivity index (χ0) is 16.1. The second-order valence-electron chi connectivity index (χ2n) is 4.22. The summed E-state index contributed by atoms with van der Waals surface area (Å²) in [5.74, 6) is -0.548. The lowest BCUT2D eigenvalue weighted by Gasteiger charge is -2.04. The molecule has 2 aromatic rings. The highest BCUT2D eigenvalue weighted by molar-refractivity contribution is 7.99. The minimum atomic E-state index is -0.462. The fourth-order valence-electron chi connectivity index (χ4n) is 1.61. The average Bonchev–Trinajstić information content (AvgIpc) is 3.10. The molecule has 0 bridgehead atoms. The van der Waals surface area contributed by atoms with Crippen LogP contribution in [0.4, 0.5) is 5.00 Å². The van der Waals surface area contributed by atoms with Crippen LogP contribution in [-0.4, -0.2) is 44.9 Å². The molecule has 0 spiro atoms. The van der Waals surface area contributed by atoms with E-state index < -0.39 is 5.97 Å². The van der Waals surface area contributed by atoms with Gasteiger partial charge in [-0.25, -0.2) is 9.48 Å². The Morgan fingerprint density at radius 2 is 2.27 bits per heavy atom. The second-order valence-corrected chi connectivity index (χ2v) is 6.30. The largest absolute Gasteiger partial charge is 0.465 e. The van der Waals surface area contributed by atoms with E-state index >= 15 is 0 Å². The number of aromatic nitrogens is 4. The maximum atomic E-state index is 12.0. The van der Waals surface area contributed by atoms with Crippen molar-refractivity contribution in [2.24, 2.45) is 7.05 Å². The molecule has 0 aromatic carbocycles. The van der Waals surface area contributed by atoms with Crippen LogP contribution in [0.5, 0.6) is 0 Å². The molecular weight excluding hydrogens is 326 g/mol. The number of esters is 1. The molecule has 118 valence electrons. The Kier molecular flexibility index (Phi) is 5.50. The van der Waals surface area contributed by atoms with Gasteiger partial charge in [-0.1, -0.05) is 18.7 Å². The molecule has 22 heavy (non-hydrogen) atoms. The van der Waals surface area contributed by atoms with Crippen molar-refractivity contribution in [3.63, 3.8) is 0 Å². The number of thiophene rings is 1. The Balaban J connectivity index is 2.03. The number of rotatable bonds is 6. The molecule has 2 rings (SSSR count).